The number of hydrogen-bond donors (Lipinski definition) is 2. The van der Waals surface area contributed by atoms with Crippen LogP contribution >= 0.6 is 11.3 Å². The fourth-order valence-electron chi connectivity index (χ4n) is 2.70. The monoisotopic (exact) mass is 299 g/mol. The van der Waals surface area contributed by atoms with Crippen LogP contribution in [0.25, 0.3) is 10.9 Å². The molecule has 2 N–H and O–H groups in total. The highest BCUT2D eigenvalue weighted by molar-refractivity contribution is 7.11. The third-order valence-corrected chi connectivity index (χ3v) is 4.72. The molecule has 0 aliphatic heterocycles. The SMILES string of the molecule is CCc1cccc2c(CCNCc3cnc(C)s3)c[nH]c12. The van der Waals surface area contributed by atoms with E-state index in [2.05, 4.69) is 46.6 Å². The van der Waals surface area contributed by atoms with Gasteiger partial charge in [-0.15, -0.1) is 11.3 Å². The third-order valence-electron chi connectivity index (χ3n) is 3.81. The van der Waals surface area contributed by atoms with E-state index in [9.17, 15) is 0 Å². The average Bonchev–Trinajstić information content (AvgIpc) is 3.10. The van der Waals surface area contributed by atoms with E-state index in [1.54, 1.807) is 11.3 Å². The highest BCUT2D eigenvalue weighted by atomic mass is 32.1. The van der Waals surface area contributed by atoms with Crippen molar-refractivity contribution in [2.75, 3.05) is 6.54 Å². The summed E-state index contributed by atoms with van der Waals surface area (Å²) < 4.78 is 0. The minimum absolute atomic E-state index is 0.911. The van der Waals surface area contributed by atoms with Gasteiger partial charge in [-0.25, -0.2) is 4.98 Å². The van der Waals surface area contributed by atoms with Crippen molar-refractivity contribution in [2.45, 2.75) is 33.2 Å². The molecule has 2 aromatic heterocycles. The van der Waals surface area contributed by atoms with Gasteiger partial charge in [0, 0.05) is 34.7 Å². The predicted molar refractivity (Wildman–Crippen MR) is 89.9 cm³/mol. The Hall–Kier alpha value is -1.65. The Balaban J connectivity index is 1.60. The lowest BCUT2D eigenvalue weighted by atomic mass is 10.1. The van der Waals surface area contributed by atoms with E-state index in [1.165, 1.54) is 26.9 Å². The van der Waals surface area contributed by atoms with Crippen LogP contribution in [0.5, 0.6) is 0 Å². The first-order valence-electron chi connectivity index (χ1n) is 7.47. The van der Waals surface area contributed by atoms with E-state index < -0.39 is 0 Å². The number of para-hydroxylation sites is 1. The zero-order valence-corrected chi connectivity index (χ0v) is 13.4. The lowest BCUT2D eigenvalue weighted by Crippen LogP contribution is -2.15. The molecule has 0 amide bonds. The molecular weight excluding hydrogens is 278 g/mol. The average molecular weight is 299 g/mol. The maximum atomic E-state index is 4.28. The van der Waals surface area contributed by atoms with Gasteiger partial charge in [-0.2, -0.15) is 0 Å². The number of rotatable bonds is 6. The molecule has 2 heterocycles. The lowest BCUT2D eigenvalue weighted by Gasteiger charge is -2.03. The quantitative estimate of drug-likeness (QED) is 0.679. The Morgan fingerprint density at radius 1 is 1.29 bits per heavy atom. The fraction of sp³-hybridized carbons (Fsp3) is 0.353. The van der Waals surface area contributed by atoms with Gasteiger partial charge in [-0.3, -0.25) is 0 Å². The molecule has 0 fully saturated rings. The summed E-state index contributed by atoms with van der Waals surface area (Å²) in [5.74, 6) is 0. The summed E-state index contributed by atoms with van der Waals surface area (Å²) in [6.07, 6.45) is 6.24. The van der Waals surface area contributed by atoms with Crippen molar-refractivity contribution in [3.63, 3.8) is 0 Å². The molecule has 0 atom stereocenters. The van der Waals surface area contributed by atoms with Crippen molar-refractivity contribution in [1.82, 2.24) is 15.3 Å². The Morgan fingerprint density at radius 3 is 2.95 bits per heavy atom. The predicted octanol–water partition coefficient (Wildman–Crippen LogP) is 3.83. The van der Waals surface area contributed by atoms with Gasteiger partial charge in [0.1, 0.15) is 0 Å². The highest BCUT2D eigenvalue weighted by Crippen LogP contribution is 2.22. The summed E-state index contributed by atoms with van der Waals surface area (Å²) in [5, 5.41) is 6.00. The van der Waals surface area contributed by atoms with Gasteiger partial charge in [-0.1, -0.05) is 25.1 Å². The summed E-state index contributed by atoms with van der Waals surface area (Å²) in [6.45, 7) is 6.15. The van der Waals surface area contributed by atoms with Gasteiger partial charge >= 0.3 is 0 Å². The standard InChI is InChI=1S/C17H21N3S/c1-3-13-5-4-6-16-14(9-20-17(13)16)7-8-18-10-15-11-19-12(2)21-15/h4-6,9,11,18,20H,3,7-8,10H2,1-2H3. The number of hydrogen-bond acceptors (Lipinski definition) is 3. The van der Waals surface area contributed by atoms with Crippen LogP contribution in [0, 0.1) is 6.92 Å². The molecule has 0 bridgehead atoms. The number of aromatic nitrogens is 2. The van der Waals surface area contributed by atoms with Crippen molar-refractivity contribution < 1.29 is 0 Å². The van der Waals surface area contributed by atoms with E-state index in [4.69, 9.17) is 0 Å². The Kier molecular flexibility index (Phi) is 4.36. The summed E-state index contributed by atoms with van der Waals surface area (Å²) in [6, 6.07) is 6.58. The van der Waals surface area contributed by atoms with Crippen LogP contribution < -0.4 is 5.32 Å². The molecule has 21 heavy (non-hydrogen) atoms. The van der Waals surface area contributed by atoms with Crippen LogP contribution in [-0.2, 0) is 19.4 Å². The first-order valence-corrected chi connectivity index (χ1v) is 8.29. The zero-order valence-electron chi connectivity index (χ0n) is 12.6. The van der Waals surface area contributed by atoms with Gasteiger partial charge < -0.3 is 10.3 Å². The molecule has 0 saturated heterocycles. The molecule has 0 unspecified atom stereocenters. The molecule has 110 valence electrons. The Labute approximate surface area is 129 Å². The molecule has 3 nitrogen and oxygen atoms in total. The van der Waals surface area contributed by atoms with Crippen molar-refractivity contribution in [2.24, 2.45) is 0 Å². The molecule has 0 saturated carbocycles. The van der Waals surface area contributed by atoms with Gasteiger partial charge in [0.05, 0.1) is 5.01 Å². The van der Waals surface area contributed by atoms with Gasteiger partial charge in [0.2, 0.25) is 0 Å². The molecule has 0 spiro atoms. The number of aryl methyl sites for hydroxylation is 2. The molecule has 0 radical (unpaired) electrons. The van der Waals surface area contributed by atoms with Crippen LogP contribution in [0.3, 0.4) is 0 Å². The molecular formula is C17H21N3S. The number of thiazole rings is 1. The second kappa shape index (κ2) is 6.41. The minimum atomic E-state index is 0.911. The number of aromatic amines is 1. The van der Waals surface area contributed by atoms with E-state index >= 15 is 0 Å². The second-order valence-electron chi connectivity index (χ2n) is 5.28. The highest BCUT2D eigenvalue weighted by Gasteiger charge is 2.06. The second-order valence-corrected chi connectivity index (χ2v) is 6.60. The lowest BCUT2D eigenvalue weighted by molar-refractivity contribution is 0.694. The van der Waals surface area contributed by atoms with Crippen LogP contribution in [-0.4, -0.2) is 16.5 Å². The van der Waals surface area contributed by atoms with Crippen molar-refractivity contribution >= 4 is 22.2 Å². The van der Waals surface area contributed by atoms with Gasteiger partial charge in [-0.05, 0) is 37.4 Å². The number of benzene rings is 1. The Bertz CT molecular complexity index is 727. The first kappa shape index (κ1) is 14.3. The number of H-pyrrole nitrogens is 1. The maximum absolute atomic E-state index is 4.28. The van der Waals surface area contributed by atoms with Crippen molar-refractivity contribution in [1.29, 1.82) is 0 Å². The smallest absolute Gasteiger partial charge is 0.0897 e. The summed E-state index contributed by atoms with van der Waals surface area (Å²) in [4.78, 5) is 9.02. The summed E-state index contributed by atoms with van der Waals surface area (Å²) in [5.41, 5.74) is 4.09. The van der Waals surface area contributed by atoms with Crippen LogP contribution in [0.4, 0.5) is 0 Å². The summed E-state index contributed by atoms with van der Waals surface area (Å²) in [7, 11) is 0. The van der Waals surface area contributed by atoms with Crippen molar-refractivity contribution in [3.05, 3.63) is 51.6 Å². The van der Waals surface area contributed by atoms with E-state index in [0.29, 0.717) is 0 Å². The van der Waals surface area contributed by atoms with Crippen LogP contribution in [0.1, 0.15) is 27.9 Å². The van der Waals surface area contributed by atoms with Crippen molar-refractivity contribution in [3.8, 4) is 0 Å². The normalized spacial score (nSPS) is 11.3. The van der Waals surface area contributed by atoms with E-state index in [-0.39, 0.29) is 0 Å². The topological polar surface area (TPSA) is 40.7 Å². The molecule has 1 aromatic carbocycles. The maximum Gasteiger partial charge on any atom is 0.0897 e. The number of nitrogens with zero attached hydrogens (tertiary/aromatic N) is 1. The first-order chi connectivity index (χ1) is 10.3. The number of fused-ring (bicyclic) bond motifs is 1. The zero-order chi connectivity index (χ0) is 14.7. The largest absolute Gasteiger partial charge is 0.361 e. The minimum Gasteiger partial charge on any atom is -0.361 e. The molecule has 4 heteroatoms. The number of nitrogens with one attached hydrogen (secondary N) is 2. The third kappa shape index (κ3) is 3.17. The van der Waals surface area contributed by atoms with Gasteiger partial charge in [0.15, 0.2) is 0 Å². The van der Waals surface area contributed by atoms with Crippen LogP contribution in [0.15, 0.2) is 30.6 Å². The molecule has 0 aliphatic carbocycles. The molecule has 3 rings (SSSR count). The van der Waals surface area contributed by atoms with E-state index in [1.807, 2.05) is 13.1 Å². The summed E-state index contributed by atoms with van der Waals surface area (Å²) >= 11 is 1.76. The fourth-order valence-corrected chi connectivity index (χ4v) is 3.46. The van der Waals surface area contributed by atoms with E-state index in [0.717, 1.165) is 30.9 Å². The molecule has 0 aliphatic rings. The Morgan fingerprint density at radius 2 is 2.19 bits per heavy atom. The van der Waals surface area contributed by atoms with Gasteiger partial charge in [0.25, 0.3) is 0 Å². The molecule has 3 aromatic rings. The van der Waals surface area contributed by atoms with Crippen LogP contribution in [0.2, 0.25) is 0 Å².